The SMILES string of the molecule is CCCOc1cccnc1NCC[C@H]1CCCN1. The highest BCUT2D eigenvalue weighted by atomic mass is 16.5. The Morgan fingerprint density at radius 1 is 1.56 bits per heavy atom. The van der Waals surface area contributed by atoms with Gasteiger partial charge in [-0.3, -0.25) is 0 Å². The molecule has 0 saturated carbocycles. The van der Waals surface area contributed by atoms with Gasteiger partial charge in [0.2, 0.25) is 0 Å². The minimum atomic E-state index is 0.668. The van der Waals surface area contributed by atoms with E-state index in [1.165, 1.54) is 19.4 Å². The van der Waals surface area contributed by atoms with Gasteiger partial charge in [-0.2, -0.15) is 0 Å². The van der Waals surface area contributed by atoms with Crippen LogP contribution in [0.25, 0.3) is 0 Å². The lowest BCUT2D eigenvalue weighted by atomic mass is 10.1. The summed E-state index contributed by atoms with van der Waals surface area (Å²) in [5.74, 6) is 1.72. The van der Waals surface area contributed by atoms with E-state index in [9.17, 15) is 0 Å². The molecule has 0 aliphatic carbocycles. The molecule has 100 valence electrons. The van der Waals surface area contributed by atoms with Crippen LogP contribution < -0.4 is 15.4 Å². The first-order valence-corrected chi connectivity index (χ1v) is 6.95. The molecule has 0 unspecified atom stereocenters. The first-order valence-electron chi connectivity index (χ1n) is 6.95. The van der Waals surface area contributed by atoms with Gasteiger partial charge in [0.15, 0.2) is 11.6 Å². The maximum atomic E-state index is 5.67. The van der Waals surface area contributed by atoms with E-state index in [0.29, 0.717) is 6.04 Å². The van der Waals surface area contributed by atoms with E-state index in [0.717, 1.165) is 37.6 Å². The van der Waals surface area contributed by atoms with Crippen LogP contribution >= 0.6 is 0 Å². The molecule has 1 aliphatic rings. The summed E-state index contributed by atoms with van der Waals surface area (Å²) in [6.07, 6.45) is 6.56. The lowest BCUT2D eigenvalue weighted by Gasteiger charge is -2.13. The van der Waals surface area contributed by atoms with Crippen LogP contribution in [-0.2, 0) is 0 Å². The monoisotopic (exact) mass is 249 g/mol. The third kappa shape index (κ3) is 3.88. The van der Waals surface area contributed by atoms with Crippen LogP contribution in [0.5, 0.6) is 5.75 Å². The minimum absolute atomic E-state index is 0.668. The third-order valence-corrected chi connectivity index (χ3v) is 3.18. The molecule has 2 N–H and O–H groups in total. The summed E-state index contributed by atoms with van der Waals surface area (Å²) >= 11 is 0. The van der Waals surface area contributed by atoms with Crippen molar-refractivity contribution in [2.75, 3.05) is 25.0 Å². The van der Waals surface area contributed by atoms with E-state index < -0.39 is 0 Å². The van der Waals surface area contributed by atoms with E-state index >= 15 is 0 Å². The zero-order chi connectivity index (χ0) is 12.6. The van der Waals surface area contributed by atoms with Gasteiger partial charge in [-0.25, -0.2) is 4.98 Å². The Morgan fingerprint density at radius 2 is 2.50 bits per heavy atom. The Kier molecular flexibility index (Phi) is 5.27. The average Bonchev–Trinajstić information content (AvgIpc) is 2.91. The summed E-state index contributed by atoms with van der Waals surface area (Å²) in [5, 5.41) is 6.87. The van der Waals surface area contributed by atoms with Gasteiger partial charge in [0.05, 0.1) is 6.61 Å². The lowest BCUT2D eigenvalue weighted by molar-refractivity contribution is 0.317. The van der Waals surface area contributed by atoms with Crippen molar-refractivity contribution in [3.63, 3.8) is 0 Å². The van der Waals surface area contributed by atoms with Crippen molar-refractivity contribution in [2.45, 2.75) is 38.6 Å². The molecule has 0 amide bonds. The maximum Gasteiger partial charge on any atom is 0.168 e. The van der Waals surface area contributed by atoms with Crippen molar-refractivity contribution in [2.24, 2.45) is 0 Å². The van der Waals surface area contributed by atoms with Crippen molar-refractivity contribution in [3.05, 3.63) is 18.3 Å². The van der Waals surface area contributed by atoms with E-state index in [1.54, 1.807) is 6.20 Å². The zero-order valence-corrected chi connectivity index (χ0v) is 11.1. The lowest BCUT2D eigenvalue weighted by Crippen LogP contribution is -2.24. The molecule has 0 bridgehead atoms. The first kappa shape index (κ1) is 13.1. The zero-order valence-electron chi connectivity index (χ0n) is 11.1. The van der Waals surface area contributed by atoms with Crippen LogP contribution in [0.4, 0.5) is 5.82 Å². The Labute approximate surface area is 109 Å². The standard InChI is InChI=1S/C14H23N3O/c1-2-11-18-13-6-4-9-16-14(13)17-10-7-12-5-3-8-15-12/h4,6,9,12,15H,2-3,5,7-8,10-11H2,1H3,(H,16,17)/t12-/m1/s1. The van der Waals surface area contributed by atoms with Gasteiger partial charge in [0.1, 0.15) is 0 Å². The van der Waals surface area contributed by atoms with Gasteiger partial charge in [-0.1, -0.05) is 6.92 Å². The first-order chi connectivity index (χ1) is 8.90. The van der Waals surface area contributed by atoms with E-state index in [2.05, 4.69) is 22.5 Å². The molecule has 18 heavy (non-hydrogen) atoms. The topological polar surface area (TPSA) is 46.2 Å². The molecule has 2 heterocycles. The van der Waals surface area contributed by atoms with Crippen molar-refractivity contribution in [3.8, 4) is 5.75 Å². The molecule has 1 aliphatic heterocycles. The van der Waals surface area contributed by atoms with Crippen molar-refractivity contribution in [1.82, 2.24) is 10.3 Å². The molecule has 1 saturated heterocycles. The van der Waals surface area contributed by atoms with Crippen LogP contribution in [0.1, 0.15) is 32.6 Å². The Hall–Kier alpha value is -1.29. The van der Waals surface area contributed by atoms with Crippen LogP contribution in [0, 0.1) is 0 Å². The van der Waals surface area contributed by atoms with E-state index in [-0.39, 0.29) is 0 Å². The number of nitrogens with one attached hydrogen (secondary N) is 2. The molecule has 1 aromatic rings. The molecule has 2 rings (SSSR count). The molecular weight excluding hydrogens is 226 g/mol. The highest BCUT2D eigenvalue weighted by Gasteiger charge is 2.13. The summed E-state index contributed by atoms with van der Waals surface area (Å²) in [5.41, 5.74) is 0. The summed E-state index contributed by atoms with van der Waals surface area (Å²) in [4.78, 5) is 4.34. The molecule has 4 heteroatoms. The van der Waals surface area contributed by atoms with Crippen molar-refractivity contribution >= 4 is 5.82 Å². The summed E-state index contributed by atoms with van der Waals surface area (Å²) < 4.78 is 5.67. The number of nitrogens with zero attached hydrogens (tertiary/aromatic N) is 1. The summed E-state index contributed by atoms with van der Waals surface area (Å²) in [6, 6.07) is 4.55. The fourth-order valence-corrected chi connectivity index (χ4v) is 2.22. The third-order valence-electron chi connectivity index (χ3n) is 3.18. The van der Waals surface area contributed by atoms with Gasteiger partial charge in [-0.05, 0) is 44.4 Å². The van der Waals surface area contributed by atoms with Gasteiger partial charge >= 0.3 is 0 Å². The molecule has 1 fully saturated rings. The van der Waals surface area contributed by atoms with Gasteiger partial charge < -0.3 is 15.4 Å². The second-order valence-corrected chi connectivity index (χ2v) is 4.71. The number of anilines is 1. The smallest absolute Gasteiger partial charge is 0.168 e. The second-order valence-electron chi connectivity index (χ2n) is 4.71. The van der Waals surface area contributed by atoms with Gasteiger partial charge in [0.25, 0.3) is 0 Å². The van der Waals surface area contributed by atoms with Gasteiger partial charge in [0, 0.05) is 18.8 Å². The molecule has 1 atom stereocenters. The summed E-state index contributed by atoms with van der Waals surface area (Å²) in [7, 11) is 0. The number of rotatable bonds is 7. The van der Waals surface area contributed by atoms with Crippen LogP contribution in [0.3, 0.4) is 0 Å². The second kappa shape index (κ2) is 7.21. The Balaban J connectivity index is 1.79. The number of ether oxygens (including phenoxy) is 1. The minimum Gasteiger partial charge on any atom is -0.490 e. The normalized spacial score (nSPS) is 18.8. The number of hydrogen-bond acceptors (Lipinski definition) is 4. The fraction of sp³-hybridized carbons (Fsp3) is 0.643. The average molecular weight is 249 g/mol. The van der Waals surface area contributed by atoms with E-state index in [1.807, 2.05) is 12.1 Å². The molecular formula is C14H23N3O. The largest absolute Gasteiger partial charge is 0.490 e. The predicted octanol–water partition coefficient (Wildman–Crippen LogP) is 2.42. The Bertz CT molecular complexity index is 351. The van der Waals surface area contributed by atoms with Crippen LogP contribution in [0.15, 0.2) is 18.3 Å². The fourth-order valence-electron chi connectivity index (χ4n) is 2.22. The number of hydrogen-bond donors (Lipinski definition) is 2. The Morgan fingerprint density at radius 3 is 3.28 bits per heavy atom. The number of pyridine rings is 1. The maximum absolute atomic E-state index is 5.67. The van der Waals surface area contributed by atoms with Crippen LogP contribution in [-0.4, -0.2) is 30.7 Å². The quantitative estimate of drug-likeness (QED) is 0.779. The molecule has 0 radical (unpaired) electrons. The van der Waals surface area contributed by atoms with Crippen molar-refractivity contribution in [1.29, 1.82) is 0 Å². The molecule has 4 nitrogen and oxygen atoms in total. The molecule has 0 spiro atoms. The molecule has 1 aromatic heterocycles. The summed E-state index contributed by atoms with van der Waals surface area (Å²) in [6.45, 7) is 4.95. The van der Waals surface area contributed by atoms with E-state index in [4.69, 9.17) is 4.74 Å². The van der Waals surface area contributed by atoms with Gasteiger partial charge in [-0.15, -0.1) is 0 Å². The molecule has 0 aromatic carbocycles. The number of aromatic nitrogens is 1. The highest BCUT2D eigenvalue weighted by Crippen LogP contribution is 2.21. The van der Waals surface area contributed by atoms with Crippen LogP contribution in [0.2, 0.25) is 0 Å². The highest BCUT2D eigenvalue weighted by molar-refractivity contribution is 5.49. The predicted molar refractivity (Wildman–Crippen MR) is 74.2 cm³/mol. The van der Waals surface area contributed by atoms with Crippen molar-refractivity contribution < 1.29 is 4.74 Å².